The van der Waals surface area contributed by atoms with E-state index < -0.39 is 0 Å². The van der Waals surface area contributed by atoms with Crippen LogP contribution in [0.1, 0.15) is 34.9 Å². The van der Waals surface area contributed by atoms with Crippen molar-refractivity contribution in [2.45, 2.75) is 40.2 Å². The molecule has 3 rings (SSSR count). The van der Waals surface area contributed by atoms with E-state index in [0.717, 1.165) is 49.8 Å². The van der Waals surface area contributed by atoms with Gasteiger partial charge in [-0.05, 0) is 73.7 Å². The van der Waals surface area contributed by atoms with E-state index in [1.54, 1.807) is 19.1 Å². The van der Waals surface area contributed by atoms with Gasteiger partial charge in [0.1, 0.15) is 12.4 Å². The highest BCUT2D eigenvalue weighted by Crippen LogP contribution is 2.33. The van der Waals surface area contributed by atoms with Crippen LogP contribution in [0.2, 0.25) is 5.02 Å². The molecule has 0 aliphatic heterocycles. The first kappa shape index (κ1) is 22.3. The average Bonchev–Trinajstić information content (AvgIpc) is 3.09. The van der Waals surface area contributed by atoms with Crippen LogP contribution in [0.25, 0.3) is 11.1 Å². The van der Waals surface area contributed by atoms with Gasteiger partial charge in [-0.2, -0.15) is 4.39 Å². The van der Waals surface area contributed by atoms with E-state index >= 15 is 0 Å². The molecule has 30 heavy (non-hydrogen) atoms. The molecule has 0 spiro atoms. The van der Waals surface area contributed by atoms with E-state index in [-0.39, 0.29) is 17.7 Å². The number of thiophene rings is 1. The lowest BCUT2D eigenvalue weighted by molar-refractivity contribution is -0.143. The smallest absolute Gasteiger partial charge is 0.306 e. The summed E-state index contributed by atoms with van der Waals surface area (Å²) in [6.07, 6.45) is 0.982. The Balaban J connectivity index is 1.73. The van der Waals surface area contributed by atoms with E-state index in [2.05, 4.69) is 0 Å². The molecule has 0 unspecified atom stereocenters. The topological polar surface area (TPSA) is 35.5 Å². The summed E-state index contributed by atoms with van der Waals surface area (Å²) in [5.74, 6) is 0.563. The Hall–Kier alpha value is -2.37. The van der Waals surface area contributed by atoms with Crippen molar-refractivity contribution >= 4 is 28.9 Å². The van der Waals surface area contributed by atoms with Crippen LogP contribution >= 0.6 is 22.9 Å². The number of rotatable bonds is 8. The van der Waals surface area contributed by atoms with Crippen molar-refractivity contribution in [3.8, 4) is 16.9 Å². The molecular weight excluding hydrogens is 423 g/mol. The monoisotopic (exact) mass is 446 g/mol. The first-order valence-corrected chi connectivity index (χ1v) is 11.0. The Morgan fingerprint density at radius 2 is 1.83 bits per heavy atom. The highest BCUT2D eigenvalue weighted by molar-refractivity contribution is 7.10. The normalized spacial score (nSPS) is 10.8. The van der Waals surface area contributed by atoms with Crippen molar-refractivity contribution in [1.29, 1.82) is 0 Å². The van der Waals surface area contributed by atoms with Crippen LogP contribution in [0.3, 0.4) is 0 Å². The summed E-state index contributed by atoms with van der Waals surface area (Å²) in [6.45, 7) is 6.48. The number of carbonyl (C=O) groups is 1. The first-order chi connectivity index (χ1) is 14.4. The van der Waals surface area contributed by atoms with Gasteiger partial charge in [0.2, 0.25) is 0 Å². The van der Waals surface area contributed by atoms with Gasteiger partial charge in [0.25, 0.3) is 0 Å². The van der Waals surface area contributed by atoms with E-state index in [9.17, 15) is 9.18 Å². The minimum atomic E-state index is -0.249. The van der Waals surface area contributed by atoms with E-state index in [1.165, 1.54) is 6.07 Å². The quantitative estimate of drug-likeness (QED) is 0.353. The predicted molar refractivity (Wildman–Crippen MR) is 120 cm³/mol. The number of halogens is 2. The van der Waals surface area contributed by atoms with Gasteiger partial charge in [-0.1, -0.05) is 29.8 Å². The molecule has 0 radical (unpaired) electrons. The Kier molecular flexibility index (Phi) is 7.51. The maximum absolute atomic E-state index is 14.0. The summed E-state index contributed by atoms with van der Waals surface area (Å²) < 4.78 is 25.0. The fourth-order valence-electron chi connectivity index (χ4n) is 3.27. The Morgan fingerprint density at radius 1 is 1.10 bits per heavy atom. The molecule has 0 saturated heterocycles. The number of hydrogen-bond acceptors (Lipinski definition) is 4. The zero-order valence-electron chi connectivity index (χ0n) is 17.3. The lowest BCUT2D eigenvalue weighted by Crippen LogP contribution is -2.06. The van der Waals surface area contributed by atoms with Crippen LogP contribution in [0, 0.1) is 19.0 Å². The van der Waals surface area contributed by atoms with Gasteiger partial charge >= 0.3 is 5.97 Å². The maximum Gasteiger partial charge on any atom is 0.306 e. The zero-order valence-corrected chi connectivity index (χ0v) is 18.8. The van der Waals surface area contributed by atoms with Crippen LogP contribution in [0.15, 0.2) is 42.5 Å². The molecule has 3 aromatic rings. The minimum absolute atomic E-state index is 0.190. The van der Waals surface area contributed by atoms with E-state index in [1.807, 2.05) is 38.1 Å². The van der Waals surface area contributed by atoms with Crippen molar-refractivity contribution in [1.82, 2.24) is 0 Å². The Morgan fingerprint density at radius 3 is 2.53 bits per heavy atom. The van der Waals surface area contributed by atoms with Gasteiger partial charge in [-0.15, -0.1) is 11.3 Å². The van der Waals surface area contributed by atoms with Crippen molar-refractivity contribution in [2.75, 3.05) is 6.61 Å². The molecule has 158 valence electrons. The molecule has 1 aromatic heterocycles. The summed E-state index contributed by atoms with van der Waals surface area (Å²) in [6, 6.07) is 12.8. The molecule has 3 nitrogen and oxygen atoms in total. The highest BCUT2D eigenvalue weighted by atomic mass is 35.5. The zero-order chi connectivity index (χ0) is 21.7. The maximum atomic E-state index is 14.0. The summed E-state index contributed by atoms with van der Waals surface area (Å²) in [5, 5.41) is 0.391. The second-order valence-corrected chi connectivity index (χ2v) is 8.48. The lowest BCUT2D eigenvalue weighted by atomic mass is 9.99. The summed E-state index contributed by atoms with van der Waals surface area (Å²) in [7, 11) is 0. The lowest BCUT2D eigenvalue weighted by Gasteiger charge is -2.15. The molecule has 0 amide bonds. The molecule has 0 N–H and O–H groups in total. The van der Waals surface area contributed by atoms with Gasteiger partial charge in [0.15, 0.2) is 5.13 Å². The van der Waals surface area contributed by atoms with Crippen LogP contribution in [0.4, 0.5) is 4.39 Å². The largest absolute Gasteiger partial charge is 0.488 e. The Bertz CT molecular complexity index is 1030. The second-order valence-electron chi connectivity index (χ2n) is 6.96. The SMILES string of the molecule is CCOC(=O)CCc1ccc(OCc2sc(F)cc2-c2ccc(Cl)cc2)c(C)c1C. The number of esters is 1. The fraction of sp³-hybridized carbons (Fsp3) is 0.292. The number of ether oxygens (including phenoxy) is 2. The van der Waals surface area contributed by atoms with E-state index in [4.69, 9.17) is 21.1 Å². The van der Waals surface area contributed by atoms with Gasteiger partial charge in [-0.3, -0.25) is 4.79 Å². The molecule has 1 heterocycles. The van der Waals surface area contributed by atoms with Crippen molar-refractivity contribution in [2.24, 2.45) is 0 Å². The predicted octanol–water partition coefficient (Wildman–Crippen LogP) is 6.90. The number of aryl methyl sites for hydroxylation is 1. The van der Waals surface area contributed by atoms with Gasteiger partial charge in [-0.25, -0.2) is 0 Å². The average molecular weight is 447 g/mol. The van der Waals surface area contributed by atoms with Crippen molar-refractivity contribution in [3.63, 3.8) is 0 Å². The fourth-order valence-corrected chi connectivity index (χ4v) is 4.21. The summed E-state index contributed by atoms with van der Waals surface area (Å²) in [5.41, 5.74) is 4.92. The van der Waals surface area contributed by atoms with Gasteiger partial charge < -0.3 is 9.47 Å². The van der Waals surface area contributed by atoms with Crippen LogP contribution < -0.4 is 4.74 Å². The molecule has 6 heteroatoms. The van der Waals surface area contributed by atoms with Gasteiger partial charge in [0.05, 0.1) is 11.5 Å². The van der Waals surface area contributed by atoms with Crippen LogP contribution in [-0.2, 0) is 22.6 Å². The molecule has 0 fully saturated rings. The van der Waals surface area contributed by atoms with Crippen LogP contribution in [-0.4, -0.2) is 12.6 Å². The van der Waals surface area contributed by atoms with Crippen molar-refractivity contribution < 1.29 is 18.7 Å². The summed E-state index contributed by atoms with van der Waals surface area (Å²) >= 11 is 7.05. The molecule has 0 saturated carbocycles. The second kappa shape index (κ2) is 10.1. The third kappa shape index (κ3) is 5.41. The molecule has 0 atom stereocenters. The molecular formula is C24H24ClFO3S. The summed E-state index contributed by atoms with van der Waals surface area (Å²) in [4.78, 5) is 12.4. The number of benzene rings is 2. The highest BCUT2D eigenvalue weighted by Gasteiger charge is 2.14. The number of hydrogen-bond donors (Lipinski definition) is 0. The third-order valence-electron chi connectivity index (χ3n) is 5.05. The van der Waals surface area contributed by atoms with E-state index in [0.29, 0.717) is 24.5 Å². The minimum Gasteiger partial charge on any atom is -0.488 e. The first-order valence-electron chi connectivity index (χ1n) is 9.80. The van der Waals surface area contributed by atoms with Crippen LogP contribution in [0.5, 0.6) is 5.75 Å². The molecule has 2 aromatic carbocycles. The Labute approximate surface area is 185 Å². The molecule has 0 aliphatic carbocycles. The van der Waals surface area contributed by atoms with Crippen molar-refractivity contribution in [3.05, 3.63) is 74.2 Å². The molecule has 0 aliphatic rings. The number of carbonyl (C=O) groups excluding carboxylic acids is 1. The molecule has 0 bridgehead atoms. The standard InChI is InChI=1S/C24H24ClFO3S/c1-4-28-24(27)12-8-17-7-11-21(16(3)15(17)2)29-14-22-20(13-23(26)30-22)18-5-9-19(25)10-6-18/h5-7,9-11,13H,4,8,12,14H2,1-3H3. The third-order valence-corrected chi connectivity index (χ3v) is 6.20. The van der Waals surface area contributed by atoms with Gasteiger partial charge in [0, 0.05) is 17.0 Å².